The maximum Gasteiger partial charge on any atom is 0.261 e. The van der Waals surface area contributed by atoms with Gasteiger partial charge in [0.1, 0.15) is 5.75 Å². The van der Waals surface area contributed by atoms with Gasteiger partial charge in [-0.05, 0) is 31.0 Å². The molecule has 1 atom stereocenters. The molecule has 0 bridgehead atoms. The third-order valence-corrected chi connectivity index (χ3v) is 3.36. The van der Waals surface area contributed by atoms with E-state index in [0.717, 1.165) is 30.9 Å². The topological polar surface area (TPSA) is 50.4 Å². The Morgan fingerprint density at radius 3 is 2.80 bits per heavy atom. The molecule has 1 heterocycles. The van der Waals surface area contributed by atoms with Gasteiger partial charge in [0.15, 0.2) is 6.10 Å². The van der Waals surface area contributed by atoms with Crippen molar-refractivity contribution in [3.63, 3.8) is 0 Å². The van der Waals surface area contributed by atoms with E-state index in [1.807, 2.05) is 38.1 Å². The molecular formula is C15H23ClN2O2. The number of rotatable bonds is 6. The molecule has 2 rings (SSSR count). The minimum atomic E-state index is -0.408. The Morgan fingerprint density at radius 2 is 2.25 bits per heavy atom. The second-order valence-electron chi connectivity index (χ2n) is 5.10. The van der Waals surface area contributed by atoms with Crippen LogP contribution < -0.4 is 15.4 Å². The highest BCUT2D eigenvalue weighted by Crippen LogP contribution is 2.15. The smallest absolute Gasteiger partial charge is 0.261 e. The average Bonchev–Trinajstić information content (AvgIpc) is 2.34. The van der Waals surface area contributed by atoms with Crippen LogP contribution in [0.25, 0.3) is 0 Å². The van der Waals surface area contributed by atoms with Gasteiger partial charge >= 0.3 is 0 Å². The summed E-state index contributed by atoms with van der Waals surface area (Å²) in [7, 11) is 0. The fraction of sp³-hybridized carbons (Fsp3) is 0.533. The number of hydrogen-bond acceptors (Lipinski definition) is 3. The number of hydrogen-bond donors (Lipinski definition) is 2. The van der Waals surface area contributed by atoms with Crippen LogP contribution in [0.1, 0.15) is 18.9 Å². The van der Waals surface area contributed by atoms with Crippen molar-refractivity contribution in [2.75, 3.05) is 19.6 Å². The molecule has 4 nitrogen and oxygen atoms in total. The molecule has 0 aliphatic carbocycles. The maximum absolute atomic E-state index is 12.1. The highest BCUT2D eigenvalue weighted by molar-refractivity contribution is 5.85. The molecule has 1 aliphatic heterocycles. The van der Waals surface area contributed by atoms with Crippen molar-refractivity contribution in [1.29, 1.82) is 0 Å². The van der Waals surface area contributed by atoms with Crippen LogP contribution in [0.5, 0.6) is 5.75 Å². The van der Waals surface area contributed by atoms with Crippen molar-refractivity contribution in [3.05, 3.63) is 29.8 Å². The second-order valence-corrected chi connectivity index (χ2v) is 5.10. The van der Waals surface area contributed by atoms with Crippen LogP contribution in [0.4, 0.5) is 0 Å². The lowest BCUT2D eigenvalue weighted by Gasteiger charge is -2.28. The number of carbonyl (C=O) groups excluding carboxylic acids is 1. The van der Waals surface area contributed by atoms with Gasteiger partial charge in [0, 0.05) is 25.6 Å². The summed E-state index contributed by atoms with van der Waals surface area (Å²) in [4.78, 5) is 12.1. The second kappa shape index (κ2) is 8.12. The van der Waals surface area contributed by atoms with E-state index in [2.05, 4.69) is 10.6 Å². The quantitative estimate of drug-likeness (QED) is 0.843. The van der Waals surface area contributed by atoms with Crippen LogP contribution >= 0.6 is 12.4 Å². The van der Waals surface area contributed by atoms with Crippen LogP contribution in [-0.2, 0) is 4.79 Å². The zero-order valence-corrected chi connectivity index (χ0v) is 12.8. The Balaban J connectivity index is 0.00000200. The molecule has 112 valence electrons. The van der Waals surface area contributed by atoms with Crippen molar-refractivity contribution >= 4 is 18.3 Å². The zero-order chi connectivity index (χ0) is 13.7. The molecule has 1 aromatic rings. The summed E-state index contributed by atoms with van der Waals surface area (Å²) in [5.74, 6) is 1.31. The van der Waals surface area contributed by atoms with Gasteiger partial charge in [-0.25, -0.2) is 0 Å². The molecule has 0 aromatic heterocycles. The lowest BCUT2D eigenvalue weighted by atomic mass is 10.0. The van der Waals surface area contributed by atoms with Crippen LogP contribution in [-0.4, -0.2) is 31.6 Å². The minimum absolute atomic E-state index is 0. The van der Waals surface area contributed by atoms with E-state index in [1.54, 1.807) is 0 Å². The Labute approximate surface area is 126 Å². The number of carbonyl (C=O) groups is 1. The Bertz CT molecular complexity index is 436. The molecule has 1 saturated heterocycles. The van der Waals surface area contributed by atoms with E-state index in [4.69, 9.17) is 4.74 Å². The van der Waals surface area contributed by atoms with Crippen molar-refractivity contribution < 1.29 is 9.53 Å². The first-order chi connectivity index (χ1) is 9.19. The van der Waals surface area contributed by atoms with E-state index >= 15 is 0 Å². The first kappa shape index (κ1) is 16.8. The molecule has 1 amide bonds. The van der Waals surface area contributed by atoms with E-state index in [9.17, 15) is 4.79 Å². The summed E-state index contributed by atoms with van der Waals surface area (Å²) in [6.45, 7) is 6.70. The molecule has 0 saturated carbocycles. The summed E-state index contributed by atoms with van der Waals surface area (Å²) >= 11 is 0. The predicted molar refractivity (Wildman–Crippen MR) is 82.5 cm³/mol. The molecule has 1 aliphatic rings. The maximum atomic E-state index is 12.1. The van der Waals surface area contributed by atoms with Crippen LogP contribution in [0.15, 0.2) is 24.3 Å². The van der Waals surface area contributed by atoms with Gasteiger partial charge in [0.25, 0.3) is 5.91 Å². The number of halogens is 1. The molecule has 1 unspecified atom stereocenters. The van der Waals surface area contributed by atoms with Crippen molar-refractivity contribution in [2.45, 2.75) is 26.4 Å². The molecule has 1 fully saturated rings. The monoisotopic (exact) mass is 298 g/mol. The first-order valence-electron chi connectivity index (χ1n) is 6.90. The van der Waals surface area contributed by atoms with Crippen LogP contribution in [0.3, 0.4) is 0 Å². The van der Waals surface area contributed by atoms with Gasteiger partial charge in [-0.15, -0.1) is 12.4 Å². The van der Waals surface area contributed by atoms with Crippen molar-refractivity contribution in [1.82, 2.24) is 10.6 Å². The lowest BCUT2D eigenvalue weighted by molar-refractivity contribution is -0.128. The largest absolute Gasteiger partial charge is 0.481 e. The number of amides is 1. The first-order valence-corrected chi connectivity index (χ1v) is 6.90. The standard InChI is InChI=1S/C15H22N2O2.ClH/c1-3-14(15(18)17-10-12-8-16-9-12)19-13-6-4-5-11(2)7-13;/h4-7,12,14,16H,3,8-10H2,1-2H3,(H,17,18);1H. The Morgan fingerprint density at radius 1 is 1.50 bits per heavy atom. The molecular weight excluding hydrogens is 276 g/mol. The average molecular weight is 299 g/mol. The normalized spacial score (nSPS) is 15.7. The summed E-state index contributed by atoms with van der Waals surface area (Å²) in [5, 5.41) is 6.16. The van der Waals surface area contributed by atoms with E-state index < -0.39 is 6.10 Å². The summed E-state index contributed by atoms with van der Waals surface area (Å²) in [5.41, 5.74) is 1.13. The van der Waals surface area contributed by atoms with E-state index in [-0.39, 0.29) is 18.3 Å². The highest BCUT2D eigenvalue weighted by Gasteiger charge is 2.22. The van der Waals surface area contributed by atoms with Gasteiger partial charge in [-0.1, -0.05) is 19.1 Å². The van der Waals surface area contributed by atoms with Crippen LogP contribution in [0, 0.1) is 12.8 Å². The van der Waals surface area contributed by atoms with E-state index in [0.29, 0.717) is 12.3 Å². The van der Waals surface area contributed by atoms with Gasteiger partial charge in [0.2, 0.25) is 0 Å². The summed E-state index contributed by atoms with van der Waals surface area (Å²) in [6, 6.07) is 7.79. The summed E-state index contributed by atoms with van der Waals surface area (Å²) < 4.78 is 5.76. The molecule has 2 N–H and O–H groups in total. The third kappa shape index (κ3) is 4.69. The Kier molecular flexibility index (Phi) is 6.82. The Hall–Kier alpha value is -1.26. The number of aryl methyl sites for hydroxylation is 1. The van der Waals surface area contributed by atoms with Crippen molar-refractivity contribution in [2.24, 2.45) is 5.92 Å². The van der Waals surface area contributed by atoms with Crippen LogP contribution in [0.2, 0.25) is 0 Å². The van der Waals surface area contributed by atoms with Gasteiger partial charge in [0.05, 0.1) is 0 Å². The zero-order valence-electron chi connectivity index (χ0n) is 12.0. The summed E-state index contributed by atoms with van der Waals surface area (Å²) in [6.07, 6.45) is 0.262. The number of ether oxygens (including phenoxy) is 1. The molecule has 5 heteroatoms. The van der Waals surface area contributed by atoms with E-state index in [1.165, 1.54) is 0 Å². The molecule has 1 aromatic carbocycles. The molecule has 0 radical (unpaired) electrons. The van der Waals surface area contributed by atoms with Gasteiger partial charge in [-0.2, -0.15) is 0 Å². The number of benzene rings is 1. The van der Waals surface area contributed by atoms with Crippen molar-refractivity contribution in [3.8, 4) is 5.75 Å². The highest BCUT2D eigenvalue weighted by atomic mass is 35.5. The fourth-order valence-electron chi connectivity index (χ4n) is 2.03. The number of nitrogens with one attached hydrogen (secondary N) is 2. The molecule has 0 spiro atoms. The SMILES string of the molecule is CCC(Oc1cccc(C)c1)C(=O)NCC1CNC1.Cl. The van der Waals surface area contributed by atoms with Gasteiger partial charge < -0.3 is 15.4 Å². The molecule has 20 heavy (non-hydrogen) atoms. The third-order valence-electron chi connectivity index (χ3n) is 3.36. The predicted octanol–water partition coefficient (Wildman–Crippen LogP) is 1.91. The fourth-order valence-corrected chi connectivity index (χ4v) is 2.03. The lowest BCUT2D eigenvalue weighted by Crippen LogP contribution is -2.50. The minimum Gasteiger partial charge on any atom is -0.481 e. The van der Waals surface area contributed by atoms with Gasteiger partial charge in [-0.3, -0.25) is 4.79 Å².